The van der Waals surface area contributed by atoms with E-state index in [1.54, 1.807) is 18.2 Å². The molecule has 0 saturated heterocycles. The Morgan fingerprint density at radius 3 is 2.80 bits per heavy atom. The molecule has 1 aromatic carbocycles. The van der Waals surface area contributed by atoms with Crippen LogP contribution in [0.3, 0.4) is 0 Å². The molecular formula is C16H24N2O2. The molecule has 0 radical (unpaired) electrons. The van der Waals surface area contributed by atoms with Gasteiger partial charge in [-0.1, -0.05) is 38.3 Å². The summed E-state index contributed by atoms with van der Waals surface area (Å²) in [4.78, 5) is 10.6. The molecule has 20 heavy (non-hydrogen) atoms. The van der Waals surface area contributed by atoms with Gasteiger partial charge in [-0.2, -0.15) is 0 Å². The van der Waals surface area contributed by atoms with Crippen molar-refractivity contribution in [3.8, 4) is 0 Å². The van der Waals surface area contributed by atoms with Crippen LogP contribution in [0.25, 0.3) is 0 Å². The summed E-state index contributed by atoms with van der Waals surface area (Å²) in [5, 5.41) is 14.5. The fourth-order valence-corrected chi connectivity index (χ4v) is 3.05. The molecule has 1 saturated carbocycles. The molecule has 0 heterocycles. The van der Waals surface area contributed by atoms with Gasteiger partial charge < -0.3 is 5.32 Å². The number of nitrogens with one attached hydrogen (secondary N) is 1. The van der Waals surface area contributed by atoms with Crippen LogP contribution in [-0.2, 0) is 0 Å². The maximum atomic E-state index is 10.9. The molecule has 4 heteroatoms. The van der Waals surface area contributed by atoms with Gasteiger partial charge in [-0.15, -0.1) is 0 Å². The van der Waals surface area contributed by atoms with Gasteiger partial charge in [0.2, 0.25) is 0 Å². The first kappa shape index (κ1) is 15.0. The van der Waals surface area contributed by atoms with Crippen molar-refractivity contribution < 1.29 is 4.92 Å². The summed E-state index contributed by atoms with van der Waals surface area (Å²) in [7, 11) is 0. The van der Waals surface area contributed by atoms with Gasteiger partial charge in [0.15, 0.2) is 0 Å². The van der Waals surface area contributed by atoms with Crippen molar-refractivity contribution in [3.63, 3.8) is 0 Å². The third-order valence-corrected chi connectivity index (χ3v) is 4.19. The Bertz CT molecular complexity index is 442. The normalized spacial score (nSPS) is 17.2. The summed E-state index contributed by atoms with van der Waals surface area (Å²) in [6.07, 6.45) is 7.43. The van der Waals surface area contributed by atoms with Gasteiger partial charge in [0.05, 0.1) is 4.92 Å². The van der Waals surface area contributed by atoms with Crippen LogP contribution in [0.5, 0.6) is 0 Å². The quantitative estimate of drug-likeness (QED) is 0.599. The molecular weight excluding hydrogens is 252 g/mol. The predicted octanol–water partition coefficient (Wildman–Crippen LogP) is 4.22. The number of hydrogen-bond acceptors (Lipinski definition) is 3. The van der Waals surface area contributed by atoms with E-state index in [2.05, 4.69) is 12.2 Å². The van der Waals surface area contributed by atoms with Crippen LogP contribution in [-0.4, -0.2) is 11.5 Å². The Kier molecular flexibility index (Phi) is 5.53. The maximum absolute atomic E-state index is 10.9. The summed E-state index contributed by atoms with van der Waals surface area (Å²) in [6, 6.07) is 7.29. The van der Waals surface area contributed by atoms with E-state index in [9.17, 15) is 10.1 Å². The molecule has 0 bridgehead atoms. The van der Waals surface area contributed by atoms with Crippen LogP contribution in [0.15, 0.2) is 24.3 Å². The molecule has 1 atom stereocenters. The third-order valence-electron chi connectivity index (χ3n) is 4.19. The zero-order valence-corrected chi connectivity index (χ0v) is 12.2. The number of rotatable bonds is 7. The average Bonchev–Trinajstić information content (AvgIpc) is 2.97. The van der Waals surface area contributed by atoms with Crippen molar-refractivity contribution in [1.82, 2.24) is 5.32 Å². The lowest BCUT2D eigenvalue weighted by molar-refractivity contribution is -0.384. The lowest BCUT2D eigenvalue weighted by Crippen LogP contribution is -2.26. The molecule has 4 nitrogen and oxygen atoms in total. The van der Waals surface area contributed by atoms with E-state index in [4.69, 9.17) is 0 Å². The van der Waals surface area contributed by atoms with Gasteiger partial charge in [-0.25, -0.2) is 0 Å². The summed E-state index contributed by atoms with van der Waals surface area (Å²) in [5.41, 5.74) is 1.23. The summed E-state index contributed by atoms with van der Waals surface area (Å²) < 4.78 is 0. The smallest absolute Gasteiger partial charge is 0.269 e. The van der Waals surface area contributed by atoms with Crippen LogP contribution in [0.1, 0.15) is 57.1 Å². The van der Waals surface area contributed by atoms with E-state index in [-0.39, 0.29) is 16.7 Å². The molecule has 0 aliphatic heterocycles. The molecule has 1 unspecified atom stereocenters. The lowest BCUT2D eigenvalue weighted by Gasteiger charge is -2.21. The van der Waals surface area contributed by atoms with Gasteiger partial charge >= 0.3 is 0 Å². The fraction of sp³-hybridized carbons (Fsp3) is 0.625. The maximum Gasteiger partial charge on any atom is 0.269 e. The second-order valence-electron chi connectivity index (χ2n) is 5.75. The van der Waals surface area contributed by atoms with Crippen molar-refractivity contribution >= 4 is 5.69 Å². The molecule has 1 N–H and O–H groups in total. The topological polar surface area (TPSA) is 55.2 Å². The minimum absolute atomic E-state index is 0.186. The Balaban J connectivity index is 2.02. The number of nitrogens with zero attached hydrogens (tertiary/aromatic N) is 1. The standard InChI is InChI=1S/C16H24N2O2/c1-2-6-16(17-12-13-7-3-4-8-13)14-9-5-10-15(11-14)18(19)20/h5,9-11,13,16-17H,2-4,6-8,12H2,1H3. The fourth-order valence-electron chi connectivity index (χ4n) is 3.05. The van der Waals surface area contributed by atoms with E-state index >= 15 is 0 Å². The van der Waals surface area contributed by atoms with Crippen LogP contribution >= 0.6 is 0 Å². The highest BCUT2D eigenvalue weighted by molar-refractivity contribution is 5.35. The van der Waals surface area contributed by atoms with Crippen LogP contribution in [0, 0.1) is 16.0 Å². The SMILES string of the molecule is CCCC(NCC1CCCC1)c1cccc([N+](=O)[O-])c1. The number of nitro benzene ring substituents is 1. The first-order chi connectivity index (χ1) is 9.70. The third kappa shape index (κ3) is 4.04. The zero-order valence-electron chi connectivity index (χ0n) is 12.2. The average molecular weight is 276 g/mol. The van der Waals surface area contributed by atoms with E-state index in [0.717, 1.165) is 30.9 Å². The van der Waals surface area contributed by atoms with Crippen molar-refractivity contribution in [2.24, 2.45) is 5.92 Å². The summed E-state index contributed by atoms with van der Waals surface area (Å²) in [6.45, 7) is 3.19. The second kappa shape index (κ2) is 7.39. The monoisotopic (exact) mass is 276 g/mol. The van der Waals surface area contributed by atoms with Crippen molar-refractivity contribution in [2.75, 3.05) is 6.54 Å². The van der Waals surface area contributed by atoms with E-state index in [0.29, 0.717) is 0 Å². The highest BCUT2D eigenvalue weighted by Crippen LogP contribution is 2.27. The van der Waals surface area contributed by atoms with Gasteiger partial charge in [-0.3, -0.25) is 10.1 Å². The molecule has 1 aliphatic carbocycles. The Hall–Kier alpha value is -1.42. The van der Waals surface area contributed by atoms with E-state index in [1.807, 2.05) is 6.07 Å². The Morgan fingerprint density at radius 2 is 2.15 bits per heavy atom. The number of benzene rings is 1. The Labute approximate surface area is 120 Å². The summed E-state index contributed by atoms with van der Waals surface area (Å²) >= 11 is 0. The molecule has 2 rings (SSSR count). The van der Waals surface area contributed by atoms with Gasteiger partial charge in [0.25, 0.3) is 5.69 Å². The number of hydrogen-bond donors (Lipinski definition) is 1. The van der Waals surface area contributed by atoms with E-state index in [1.165, 1.54) is 25.7 Å². The second-order valence-corrected chi connectivity index (χ2v) is 5.75. The van der Waals surface area contributed by atoms with Gasteiger partial charge in [-0.05, 0) is 37.3 Å². The molecule has 1 fully saturated rings. The van der Waals surface area contributed by atoms with Crippen molar-refractivity contribution in [1.29, 1.82) is 0 Å². The molecule has 110 valence electrons. The minimum atomic E-state index is -0.316. The first-order valence-corrected chi connectivity index (χ1v) is 7.68. The zero-order chi connectivity index (χ0) is 14.4. The molecule has 0 aromatic heterocycles. The number of nitro groups is 1. The largest absolute Gasteiger partial charge is 0.310 e. The molecule has 1 aliphatic rings. The van der Waals surface area contributed by atoms with Crippen LogP contribution in [0.2, 0.25) is 0 Å². The highest BCUT2D eigenvalue weighted by Gasteiger charge is 2.18. The minimum Gasteiger partial charge on any atom is -0.310 e. The van der Waals surface area contributed by atoms with Crippen molar-refractivity contribution in [2.45, 2.75) is 51.5 Å². The van der Waals surface area contributed by atoms with E-state index < -0.39 is 0 Å². The Morgan fingerprint density at radius 1 is 1.40 bits per heavy atom. The predicted molar refractivity (Wildman–Crippen MR) is 80.7 cm³/mol. The van der Waals surface area contributed by atoms with Gasteiger partial charge in [0, 0.05) is 18.2 Å². The lowest BCUT2D eigenvalue weighted by atomic mass is 10.00. The first-order valence-electron chi connectivity index (χ1n) is 7.68. The van der Waals surface area contributed by atoms with Crippen LogP contribution in [0.4, 0.5) is 5.69 Å². The summed E-state index contributed by atoms with van der Waals surface area (Å²) in [5.74, 6) is 0.785. The molecule has 1 aromatic rings. The molecule has 0 spiro atoms. The highest BCUT2D eigenvalue weighted by atomic mass is 16.6. The molecule has 0 amide bonds. The van der Waals surface area contributed by atoms with Crippen molar-refractivity contribution in [3.05, 3.63) is 39.9 Å². The van der Waals surface area contributed by atoms with Crippen LogP contribution < -0.4 is 5.32 Å². The number of non-ortho nitro benzene ring substituents is 1. The van der Waals surface area contributed by atoms with Gasteiger partial charge in [0.1, 0.15) is 0 Å².